The summed E-state index contributed by atoms with van der Waals surface area (Å²) in [6.07, 6.45) is 8.40. The number of piperidine rings is 1. The van der Waals surface area contributed by atoms with Crippen molar-refractivity contribution in [2.75, 3.05) is 19.6 Å². The van der Waals surface area contributed by atoms with Gasteiger partial charge in [-0.05, 0) is 36.8 Å². The molecule has 1 spiro atoms. The van der Waals surface area contributed by atoms with Crippen molar-refractivity contribution in [3.05, 3.63) is 71.8 Å². The van der Waals surface area contributed by atoms with Crippen LogP contribution in [0.25, 0.3) is 0 Å². The second-order valence-corrected chi connectivity index (χ2v) is 9.27. The van der Waals surface area contributed by atoms with E-state index in [1.165, 1.54) is 43.2 Å². The summed E-state index contributed by atoms with van der Waals surface area (Å²) in [4.78, 5) is 15.8. The third-order valence-corrected chi connectivity index (χ3v) is 8.04. The van der Waals surface area contributed by atoms with Gasteiger partial charge in [-0.15, -0.1) is 17.0 Å². The molecule has 0 aromatic heterocycles. The number of halogens is 1. The van der Waals surface area contributed by atoms with Crippen molar-refractivity contribution in [3.8, 4) is 0 Å². The van der Waals surface area contributed by atoms with E-state index >= 15 is 0 Å². The van der Waals surface area contributed by atoms with E-state index in [2.05, 4.69) is 70.9 Å². The van der Waals surface area contributed by atoms with Gasteiger partial charge in [0, 0.05) is 31.1 Å². The van der Waals surface area contributed by atoms with Crippen LogP contribution in [0.1, 0.15) is 62.0 Å². The molecule has 1 unspecified atom stereocenters. The number of nitrogens with zero attached hydrogens (tertiary/aromatic N) is 1. The van der Waals surface area contributed by atoms with Gasteiger partial charge in [0.05, 0.1) is 5.41 Å². The van der Waals surface area contributed by atoms with Crippen LogP contribution >= 0.6 is 17.0 Å². The van der Waals surface area contributed by atoms with E-state index < -0.39 is 0 Å². The maximum absolute atomic E-state index is 13.0. The topological polar surface area (TPSA) is 32.3 Å². The van der Waals surface area contributed by atoms with Crippen molar-refractivity contribution in [2.45, 2.75) is 56.4 Å². The van der Waals surface area contributed by atoms with E-state index in [-0.39, 0.29) is 33.8 Å². The molecule has 1 amide bonds. The van der Waals surface area contributed by atoms with E-state index in [0.29, 0.717) is 5.92 Å². The molecule has 2 heterocycles. The molecule has 160 valence electrons. The number of benzene rings is 2. The first-order valence-corrected chi connectivity index (χ1v) is 11.4. The quantitative estimate of drug-likeness (QED) is 0.651. The zero-order chi connectivity index (χ0) is 19.7. The second kappa shape index (κ2) is 8.84. The van der Waals surface area contributed by atoms with Gasteiger partial charge < -0.3 is 5.32 Å². The highest BCUT2D eigenvalue weighted by Crippen LogP contribution is 2.51. The van der Waals surface area contributed by atoms with Crippen LogP contribution in [0.3, 0.4) is 0 Å². The van der Waals surface area contributed by atoms with E-state index in [0.717, 1.165) is 32.5 Å². The lowest BCUT2D eigenvalue weighted by Crippen LogP contribution is -2.54. The van der Waals surface area contributed by atoms with E-state index in [1.54, 1.807) is 0 Å². The molecule has 3 nitrogen and oxygen atoms in total. The average molecular weight is 469 g/mol. The number of nitrogens with one attached hydrogen (secondary N) is 1. The fraction of sp³-hybridized carbons (Fsp3) is 0.500. The number of hydrogen-bond acceptors (Lipinski definition) is 2. The number of amides is 1. The second-order valence-electron chi connectivity index (χ2n) is 9.27. The van der Waals surface area contributed by atoms with Gasteiger partial charge >= 0.3 is 0 Å². The summed E-state index contributed by atoms with van der Waals surface area (Å²) in [6.45, 7) is 2.82. The Bertz CT molecular complexity index is 840. The molecule has 2 aromatic carbocycles. The minimum Gasteiger partial charge on any atom is -0.355 e. The van der Waals surface area contributed by atoms with Crippen LogP contribution in [0.15, 0.2) is 60.7 Å². The maximum Gasteiger partial charge on any atom is 0.227 e. The zero-order valence-electron chi connectivity index (χ0n) is 17.7. The van der Waals surface area contributed by atoms with Gasteiger partial charge in [-0.2, -0.15) is 0 Å². The zero-order valence-corrected chi connectivity index (χ0v) is 19.4. The molecule has 3 aliphatic rings. The Labute approximate surface area is 191 Å². The lowest BCUT2D eigenvalue weighted by Gasteiger charge is -2.52. The van der Waals surface area contributed by atoms with Gasteiger partial charge in [0.15, 0.2) is 0 Å². The summed E-state index contributed by atoms with van der Waals surface area (Å²) in [6, 6.07) is 21.8. The molecule has 3 fully saturated rings. The summed E-state index contributed by atoms with van der Waals surface area (Å²) in [5.74, 6) is 0.584. The summed E-state index contributed by atoms with van der Waals surface area (Å²) < 4.78 is 0. The highest BCUT2D eigenvalue weighted by Gasteiger charge is 2.54. The Morgan fingerprint density at radius 2 is 1.40 bits per heavy atom. The SMILES string of the molecule is Br.O=C1NCC(c2ccccc2)C12CCN(C1(c3ccccc3)CCCCC1)CC2. The van der Waals surface area contributed by atoms with Crippen LogP contribution in [0.4, 0.5) is 0 Å². The first kappa shape index (κ1) is 21.6. The van der Waals surface area contributed by atoms with Crippen molar-refractivity contribution >= 4 is 22.9 Å². The molecule has 1 atom stereocenters. The standard InChI is InChI=1S/C26H32N2O.BrH/c29-24-25(23(20-27-24)21-10-4-1-5-11-21)16-18-28(19-17-25)26(14-8-3-9-15-26)22-12-6-2-7-13-22;/h1-2,4-7,10-13,23H,3,8-9,14-20H2,(H,27,29);1H. The number of likely N-dealkylation sites (tertiary alicyclic amines) is 1. The van der Waals surface area contributed by atoms with Gasteiger partial charge in [0.25, 0.3) is 0 Å². The molecule has 0 bridgehead atoms. The normalized spacial score (nSPS) is 25.5. The van der Waals surface area contributed by atoms with Crippen LogP contribution in [-0.2, 0) is 10.3 Å². The maximum atomic E-state index is 13.0. The summed E-state index contributed by atoms with van der Waals surface area (Å²) in [5.41, 5.74) is 2.73. The van der Waals surface area contributed by atoms with Gasteiger partial charge in [-0.25, -0.2) is 0 Å². The number of carbonyl (C=O) groups excluding carboxylic acids is 1. The molecule has 1 aliphatic carbocycles. The first-order chi connectivity index (χ1) is 14.2. The summed E-state index contributed by atoms with van der Waals surface area (Å²) >= 11 is 0. The van der Waals surface area contributed by atoms with Crippen molar-refractivity contribution in [2.24, 2.45) is 5.41 Å². The highest BCUT2D eigenvalue weighted by atomic mass is 79.9. The van der Waals surface area contributed by atoms with E-state index in [1.807, 2.05) is 0 Å². The Morgan fingerprint density at radius 3 is 2.03 bits per heavy atom. The van der Waals surface area contributed by atoms with Gasteiger partial charge in [0.1, 0.15) is 0 Å². The minimum atomic E-state index is -0.232. The predicted molar refractivity (Wildman–Crippen MR) is 127 cm³/mol. The van der Waals surface area contributed by atoms with Gasteiger partial charge in [-0.1, -0.05) is 79.9 Å². The third-order valence-electron chi connectivity index (χ3n) is 8.04. The largest absolute Gasteiger partial charge is 0.355 e. The fourth-order valence-electron chi connectivity index (χ4n) is 6.43. The van der Waals surface area contributed by atoms with Crippen molar-refractivity contribution in [3.63, 3.8) is 0 Å². The molecule has 4 heteroatoms. The van der Waals surface area contributed by atoms with Gasteiger partial charge in [-0.3, -0.25) is 9.69 Å². The first-order valence-electron chi connectivity index (χ1n) is 11.4. The van der Waals surface area contributed by atoms with Crippen LogP contribution < -0.4 is 5.32 Å². The molecule has 0 radical (unpaired) electrons. The van der Waals surface area contributed by atoms with Crippen molar-refractivity contribution < 1.29 is 4.79 Å². The minimum absolute atomic E-state index is 0. The van der Waals surface area contributed by atoms with E-state index in [9.17, 15) is 4.79 Å². The predicted octanol–water partition coefficient (Wildman–Crippen LogP) is 5.42. The molecule has 1 saturated carbocycles. The van der Waals surface area contributed by atoms with Crippen LogP contribution in [0.2, 0.25) is 0 Å². The van der Waals surface area contributed by atoms with Crippen LogP contribution in [0.5, 0.6) is 0 Å². The average Bonchev–Trinajstić information content (AvgIpc) is 3.11. The summed E-state index contributed by atoms with van der Waals surface area (Å²) in [5, 5.41) is 3.21. The Balaban J connectivity index is 0.00000218. The third kappa shape index (κ3) is 3.52. The smallest absolute Gasteiger partial charge is 0.227 e. The molecular weight excluding hydrogens is 436 g/mol. The fourth-order valence-corrected chi connectivity index (χ4v) is 6.43. The molecule has 2 aliphatic heterocycles. The monoisotopic (exact) mass is 468 g/mol. The van der Waals surface area contributed by atoms with Crippen LogP contribution in [0, 0.1) is 5.41 Å². The molecular formula is C26H33BrN2O. The molecule has 2 aromatic rings. The lowest BCUT2D eigenvalue weighted by molar-refractivity contribution is -0.132. The number of hydrogen-bond donors (Lipinski definition) is 1. The molecule has 5 rings (SSSR count). The Morgan fingerprint density at radius 1 is 0.800 bits per heavy atom. The molecule has 2 saturated heterocycles. The van der Waals surface area contributed by atoms with Crippen molar-refractivity contribution in [1.29, 1.82) is 0 Å². The Hall–Kier alpha value is -1.65. The lowest BCUT2D eigenvalue weighted by atomic mass is 9.66. The van der Waals surface area contributed by atoms with E-state index in [4.69, 9.17) is 0 Å². The van der Waals surface area contributed by atoms with Crippen molar-refractivity contribution in [1.82, 2.24) is 10.2 Å². The molecule has 30 heavy (non-hydrogen) atoms. The number of rotatable bonds is 3. The molecule has 1 N–H and O–H groups in total. The highest BCUT2D eigenvalue weighted by molar-refractivity contribution is 8.93. The Kier molecular flexibility index (Phi) is 6.36. The van der Waals surface area contributed by atoms with Gasteiger partial charge in [0.2, 0.25) is 5.91 Å². The number of carbonyl (C=O) groups is 1. The summed E-state index contributed by atoms with van der Waals surface area (Å²) in [7, 11) is 0. The van der Waals surface area contributed by atoms with Crippen LogP contribution in [-0.4, -0.2) is 30.4 Å².